The van der Waals surface area contributed by atoms with Gasteiger partial charge in [-0.2, -0.15) is 0 Å². The molecule has 4 rings (SSSR count). The third kappa shape index (κ3) is 4.24. The van der Waals surface area contributed by atoms with Crippen LogP contribution in [-0.4, -0.2) is 17.1 Å². The van der Waals surface area contributed by atoms with Gasteiger partial charge in [0, 0.05) is 10.0 Å². The Balaban J connectivity index is 1.96. The van der Waals surface area contributed by atoms with Crippen molar-refractivity contribution in [2.45, 2.75) is 19.9 Å². The Morgan fingerprint density at radius 1 is 1.19 bits per heavy atom. The first-order chi connectivity index (χ1) is 14.9. The van der Waals surface area contributed by atoms with Crippen molar-refractivity contribution in [3.63, 3.8) is 0 Å². The molecule has 0 radical (unpaired) electrons. The molecule has 158 valence electrons. The Hall–Kier alpha value is -2.67. The number of thiazole rings is 1. The molecule has 1 aliphatic rings. The van der Waals surface area contributed by atoms with Gasteiger partial charge in [0.05, 0.1) is 28.5 Å². The van der Waals surface area contributed by atoms with Crippen molar-refractivity contribution < 1.29 is 9.53 Å². The van der Waals surface area contributed by atoms with Crippen molar-refractivity contribution >= 4 is 46.6 Å². The number of rotatable bonds is 4. The van der Waals surface area contributed by atoms with Gasteiger partial charge in [0.25, 0.3) is 5.56 Å². The normalized spacial score (nSPS) is 16.1. The fourth-order valence-corrected chi connectivity index (χ4v) is 4.87. The number of esters is 1. The third-order valence-electron chi connectivity index (χ3n) is 4.85. The summed E-state index contributed by atoms with van der Waals surface area (Å²) in [6, 6.07) is 13.7. The van der Waals surface area contributed by atoms with Gasteiger partial charge in [0.1, 0.15) is 0 Å². The molecule has 1 unspecified atom stereocenters. The summed E-state index contributed by atoms with van der Waals surface area (Å²) >= 11 is 13.4. The Morgan fingerprint density at radius 3 is 2.61 bits per heavy atom. The first-order valence-corrected chi connectivity index (χ1v) is 11.2. The summed E-state index contributed by atoms with van der Waals surface area (Å²) in [6.07, 6.45) is 1.78. The van der Waals surface area contributed by atoms with Gasteiger partial charge in [0.15, 0.2) is 4.80 Å². The van der Waals surface area contributed by atoms with Crippen molar-refractivity contribution in [2.24, 2.45) is 4.99 Å². The van der Waals surface area contributed by atoms with E-state index in [-0.39, 0.29) is 12.2 Å². The van der Waals surface area contributed by atoms with Gasteiger partial charge < -0.3 is 4.74 Å². The highest BCUT2D eigenvalue weighted by Crippen LogP contribution is 2.31. The predicted molar refractivity (Wildman–Crippen MR) is 123 cm³/mol. The molecule has 0 aliphatic carbocycles. The number of hydrogen-bond donors (Lipinski definition) is 0. The van der Waals surface area contributed by atoms with Crippen molar-refractivity contribution in [3.8, 4) is 0 Å². The Morgan fingerprint density at radius 2 is 1.94 bits per heavy atom. The van der Waals surface area contributed by atoms with Gasteiger partial charge in [-0.05, 0) is 55.3 Å². The minimum absolute atomic E-state index is 0.224. The number of nitrogens with zero attached hydrogens (tertiary/aromatic N) is 2. The molecule has 0 amide bonds. The first-order valence-electron chi connectivity index (χ1n) is 9.59. The second-order valence-corrected chi connectivity index (χ2v) is 8.79. The van der Waals surface area contributed by atoms with Gasteiger partial charge in [-0.3, -0.25) is 9.36 Å². The van der Waals surface area contributed by atoms with Crippen LogP contribution in [0.2, 0.25) is 10.0 Å². The van der Waals surface area contributed by atoms with E-state index in [9.17, 15) is 9.59 Å². The van der Waals surface area contributed by atoms with Crippen LogP contribution >= 0.6 is 34.5 Å². The lowest BCUT2D eigenvalue weighted by Gasteiger charge is -2.24. The molecule has 8 heteroatoms. The minimum atomic E-state index is -0.658. The molecular weight excluding hydrogens is 455 g/mol. The van der Waals surface area contributed by atoms with Crippen LogP contribution in [0, 0.1) is 0 Å². The van der Waals surface area contributed by atoms with Gasteiger partial charge in [0.2, 0.25) is 0 Å². The Labute approximate surface area is 192 Å². The lowest BCUT2D eigenvalue weighted by Crippen LogP contribution is -2.39. The number of aromatic nitrogens is 1. The van der Waals surface area contributed by atoms with E-state index in [1.165, 1.54) is 11.3 Å². The highest BCUT2D eigenvalue weighted by atomic mass is 35.5. The Bertz CT molecular complexity index is 1370. The van der Waals surface area contributed by atoms with Gasteiger partial charge in [-0.15, -0.1) is 0 Å². The first kappa shape index (κ1) is 21.6. The standard InChI is InChI=1S/C23H18Cl2N2O3S/c1-3-30-22(29)19-13(2)26-23-27(20(19)15-7-9-16(24)10-8-15)21(28)18(31-23)12-14-5-4-6-17(25)11-14/h4-12,20H,3H2,1-2H3/b18-12-. The van der Waals surface area contributed by atoms with Crippen LogP contribution in [0.5, 0.6) is 0 Å². The number of fused-ring (bicyclic) bond motifs is 1. The van der Waals surface area contributed by atoms with E-state index in [1.807, 2.05) is 12.1 Å². The lowest BCUT2D eigenvalue weighted by molar-refractivity contribution is -0.139. The van der Waals surface area contributed by atoms with Gasteiger partial charge in [-0.25, -0.2) is 9.79 Å². The molecule has 0 saturated heterocycles. The number of carbonyl (C=O) groups excluding carboxylic acids is 1. The molecule has 5 nitrogen and oxygen atoms in total. The molecule has 3 aromatic rings. The zero-order chi connectivity index (χ0) is 22.1. The fraction of sp³-hybridized carbons (Fsp3) is 0.174. The number of carbonyl (C=O) groups is 1. The molecule has 1 aliphatic heterocycles. The summed E-state index contributed by atoms with van der Waals surface area (Å²) in [5.41, 5.74) is 2.18. The highest BCUT2D eigenvalue weighted by Gasteiger charge is 2.33. The maximum Gasteiger partial charge on any atom is 0.338 e. The molecule has 0 saturated carbocycles. The van der Waals surface area contributed by atoms with E-state index in [0.717, 1.165) is 11.1 Å². The molecular formula is C23H18Cl2N2O3S. The average Bonchev–Trinajstić information content (AvgIpc) is 3.02. The van der Waals surface area contributed by atoms with Crippen molar-refractivity contribution in [3.05, 3.63) is 101 Å². The quantitative estimate of drug-likeness (QED) is 0.536. The van der Waals surface area contributed by atoms with Crippen LogP contribution in [0.3, 0.4) is 0 Å². The van der Waals surface area contributed by atoms with Crippen molar-refractivity contribution in [1.29, 1.82) is 0 Å². The second kappa shape index (κ2) is 8.83. The van der Waals surface area contributed by atoms with E-state index in [4.69, 9.17) is 27.9 Å². The highest BCUT2D eigenvalue weighted by molar-refractivity contribution is 7.07. The molecule has 0 fully saturated rings. The topological polar surface area (TPSA) is 60.7 Å². The summed E-state index contributed by atoms with van der Waals surface area (Å²) in [4.78, 5) is 31.3. The second-order valence-electron chi connectivity index (χ2n) is 6.91. The maximum absolute atomic E-state index is 13.4. The van der Waals surface area contributed by atoms with Crippen LogP contribution in [0.1, 0.15) is 31.0 Å². The lowest BCUT2D eigenvalue weighted by atomic mass is 9.96. The summed E-state index contributed by atoms with van der Waals surface area (Å²) in [7, 11) is 0. The fourth-order valence-electron chi connectivity index (χ4n) is 3.50. The monoisotopic (exact) mass is 472 g/mol. The van der Waals surface area contributed by atoms with Crippen molar-refractivity contribution in [1.82, 2.24) is 4.57 Å². The summed E-state index contributed by atoms with van der Waals surface area (Å²) in [5, 5.41) is 1.15. The summed E-state index contributed by atoms with van der Waals surface area (Å²) in [5.74, 6) is -0.493. The van der Waals surface area contributed by atoms with Crippen LogP contribution in [0.4, 0.5) is 0 Å². The van der Waals surface area contributed by atoms with E-state index in [2.05, 4.69) is 4.99 Å². The molecule has 0 N–H and O–H groups in total. The Kier molecular flexibility index (Phi) is 6.14. The zero-order valence-corrected chi connectivity index (χ0v) is 19.1. The summed E-state index contributed by atoms with van der Waals surface area (Å²) < 4.78 is 7.32. The molecule has 31 heavy (non-hydrogen) atoms. The summed E-state index contributed by atoms with van der Waals surface area (Å²) in [6.45, 7) is 3.72. The van der Waals surface area contributed by atoms with E-state index in [1.54, 1.807) is 60.9 Å². The largest absolute Gasteiger partial charge is 0.463 e. The van der Waals surface area contributed by atoms with E-state index >= 15 is 0 Å². The SMILES string of the molecule is CCOC(=O)C1=C(C)N=c2s/c(=C\c3cccc(Cl)c3)c(=O)n2C1c1ccc(Cl)cc1. The molecule has 0 spiro atoms. The number of allylic oxidation sites excluding steroid dienone is 1. The number of halogens is 2. The minimum Gasteiger partial charge on any atom is -0.463 e. The number of benzene rings is 2. The van der Waals surface area contributed by atoms with E-state index in [0.29, 0.717) is 30.6 Å². The molecule has 2 aromatic carbocycles. The average molecular weight is 473 g/mol. The van der Waals surface area contributed by atoms with Gasteiger partial charge >= 0.3 is 5.97 Å². The third-order valence-corrected chi connectivity index (χ3v) is 6.32. The van der Waals surface area contributed by atoms with Crippen molar-refractivity contribution in [2.75, 3.05) is 6.61 Å². The predicted octanol–water partition coefficient (Wildman–Crippen LogP) is 4.11. The van der Waals surface area contributed by atoms with Crippen LogP contribution in [0.25, 0.3) is 6.08 Å². The van der Waals surface area contributed by atoms with Crippen LogP contribution in [-0.2, 0) is 9.53 Å². The molecule has 2 heterocycles. The maximum atomic E-state index is 13.4. The number of hydrogen-bond acceptors (Lipinski definition) is 5. The van der Waals surface area contributed by atoms with E-state index < -0.39 is 12.0 Å². The molecule has 0 bridgehead atoms. The van der Waals surface area contributed by atoms with Gasteiger partial charge in [-0.1, -0.05) is 58.8 Å². The molecule has 1 aromatic heterocycles. The zero-order valence-electron chi connectivity index (χ0n) is 16.8. The molecule has 1 atom stereocenters. The van der Waals surface area contributed by atoms with Crippen LogP contribution in [0.15, 0.2) is 69.6 Å². The smallest absolute Gasteiger partial charge is 0.338 e. The number of ether oxygens (including phenoxy) is 1. The van der Waals surface area contributed by atoms with Crippen LogP contribution < -0.4 is 14.9 Å².